The Labute approximate surface area is 248 Å². The largest absolute Gasteiger partial charge is 0.494 e. The molecular weight excluding hydrogens is 528 g/mol. The van der Waals surface area contributed by atoms with Crippen LogP contribution in [0, 0.1) is 30.6 Å². The molecule has 42 heavy (non-hydrogen) atoms. The van der Waals surface area contributed by atoms with E-state index in [1.807, 2.05) is 73.7 Å². The molecule has 0 saturated heterocycles. The van der Waals surface area contributed by atoms with Gasteiger partial charge in [-0.05, 0) is 98.5 Å². The van der Waals surface area contributed by atoms with Gasteiger partial charge in [0.25, 0.3) is 0 Å². The summed E-state index contributed by atoms with van der Waals surface area (Å²) in [6.45, 7) is 10.9. The first-order valence-electron chi connectivity index (χ1n) is 13.8. The van der Waals surface area contributed by atoms with Crippen molar-refractivity contribution in [3.8, 4) is 35.2 Å². The maximum atomic E-state index is 11.0. The van der Waals surface area contributed by atoms with Gasteiger partial charge >= 0.3 is 5.97 Å². The number of rotatable bonds is 15. The number of ether oxygens (including phenoxy) is 5. The first-order valence-corrected chi connectivity index (χ1v) is 13.8. The van der Waals surface area contributed by atoms with Gasteiger partial charge in [-0.1, -0.05) is 36.8 Å². The van der Waals surface area contributed by atoms with Crippen molar-refractivity contribution in [2.75, 3.05) is 33.2 Å². The normalized spacial score (nSPS) is 9.83. The van der Waals surface area contributed by atoms with E-state index >= 15 is 0 Å². The third-order valence-electron chi connectivity index (χ3n) is 5.86. The molecule has 0 amide bonds. The quantitative estimate of drug-likeness (QED) is 0.0519. The van der Waals surface area contributed by atoms with Gasteiger partial charge in [0.1, 0.15) is 18.1 Å². The molecule has 0 spiro atoms. The lowest BCUT2D eigenvalue weighted by Crippen LogP contribution is -2.07. The van der Waals surface area contributed by atoms with Crippen molar-refractivity contribution in [1.29, 1.82) is 0 Å². The minimum Gasteiger partial charge on any atom is -0.494 e. The predicted molar refractivity (Wildman–Crippen MR) is 164 cm³/mol. The fourth-order valence-corrected chi connectivity index (χ4v) is 3.61. The van der Waals surface area contributed by atoms with Gasteiger partial charge in [-0.25, -0.2) is 4.79 Å². The van der Waals surface area contributed by atoms with Gasteiger partial charge in [0.2, 0.25) is 0 Å². The van der Waals surface area contributed by atoms with Crippen molar-refractivity contribution in [3.05, 3.63) is 120 Å². The van der Waals surface area contributed by atoms with Gasteiger partial charge in [-0.3, -0.25) is 0 Å². The Bertz CT molecular complexity index is 1420. The van der Waals surface area contributed by atoms with Gasteiger partial charge < -0.3 is 23.7 Å². The summed E-state index contributed by atoms with van der Waals surface area (Å²) in [4.78, 5) is 11.0. The molecule has 3 aromatic carbocycles. The molecule has 0 aliphatic rings. The second kappa shape index (κ2) is 18.4. The van der Waals surface area contributed by atoms with Crippen LogP contribution in [0.15, 0.2) is 92.2 Å². The van der Waals surface area contributed by atoms with Gasteiger partial charge in [0.15, 0.2) is 6.79 Å². The molecule has 0 radical (unpaired) electrons. The van der Waals surface area contributed by atoms with Crippen LogP contribution in [0.3, 0.4) is 0 Å². The Morgan fingerprint density at radius 2 is 1.31 bits per heavy atom. The Kier molecular flexibility index (Phi) is 13.9. The number of benzene rings is 3. The van der Waals surface area contributed by atoms with Gasteiger partial charge in [-0.2, -0.15) is 0 Å². The third kappa shape index (κ3) is 12.1. The van der Waals surface area contributed by atoms with Crippen molar-refractivity contribution < 1.29 is 28.5 Å². The number of esters is 1. The molecule has 0 aromatic heterocycles. The highest BCUT2D eigenvalue weighted by molar-refractivity contribution is 5.81. The van der Waals surface area contributed by atoms with Crippen LogP contribution in [0.1, 0.15) is 47.1 Å². The minimum absolute atomic E-state index is 0.168. The van der Waals surface area contributed by atoms with Crippen LogP contribution in [-0.2, 0) is 19.0 Å². The summed E-state index contributed by atoms with van der Waals surface area (Å²) >= 11 is 0. The first kappa shape index (κ1) is 31.6. The Hall–Kier alpha value is -4.91. The molecule has 0 atom stereocenters. The van der Waals surface area contributed by atoms with Crippen LogP contribution in [0.25, 0.3) is 0 Å². The van der Waals surface area contributed by atoms with E-state index in [1.165, 1.54) is 12.3 Å². The molecule has 0 saturated carbocycles. The molecule has 3 aromatic rings. The number of carbonyl (C=O) groups is 1. The Morgan fingerprint density at radius 3 is 1.95 bits per heavy atom. The van der Waals surface area contributed by atoms with E-state index in [0.29, 0.717) is 26.4 Å². The number of unbranched alkanes of at least 4 members (excludes halogenated alkanes) is 2. The van der Waals surface area contributed by atoms with Crippen LogP contribution in [0.5, 0.6) is 11.5 Å². The summed E-state index contributed by atoms with van der Waals surface area (Å²) in [6.07, 6.45) is 5.13. The van der Waals surface area contributed by atoms with E-state index in [1.54, 1.807) is 0 Å². The van der Waals surface area contributed by atoms with Crippen LogP contribution in [0.4, 0.5) is 0 Å². The highest BCUT2D eigenvalue weighted by Gasteiger charge is 1.99. The topological polar surface area (TPSA) is 63.2 Å². The zero-order valence-electron chi connectivity index (χ0n) is 24.0. The molecule has 0 N–H and O–H groups in total. The fourth-order valence-electron chi connectivity index (χ4n) is 3.61. The molecule has 216 valence electrons. The number of hydrogen-bond acceptors (Lipinski definition) is 6. The van der Waals surface area contributed by atoms with E-state index < -0.39 is 0 Å². The number of carbonyl (C=O) groups excluding carboxylic acids is 1. The van der Waals surface area contributed by atoms with E-state index in [4.69, 9.17) is 23.7 Å². The molecule has 0 aliphatic carbocycles. The van der Waals surface area contributed by atoms with Crippen LogP contribution in [-0.4, -0.2) is 39.2 Å². The van der Waals surface area contributed by atoms with Gasteiger partial charge in [0, 0.05) is 28.3 Å². The molecule has 0 unspecified atom stereocenters. The van der Waals surface area contributed by atoms with Crippen LogP contribution >= 0.6 is 0 Å². The summed E-state index contributed by atoms with van der Waals surface area (Å²) in [7, 11) is 0. The smallest absolute Gasteiger partial charge is 0.330 e. The number of hydrogen-bond donors (Lipinski definition) is 0. The molecule has 0 aliphatic heterocycles. The van der Waals surface area contributed by atoms with E-state index in [9.17, 15) is 4.79 Å². The summed E-state index contributed by atoms with van der Waals surface area (Å²) in [6, 6.07) is 21.4. The summed E-state index contributed by atoms with van der Waals surface area (Å²) in [5.41, 5.74) is 4.77. The van der Waals surface area contributed by atoms with Gasteiger partial charge in [0.05, 0.1) is 26.1 Å². The summed E-state index contributed by atoms with van der Waals surface area (Å²) in [5, 5.41) is 0. The molecule has 0 fully saturated rings. The second-order valence-corrected chi connectivity index (χ2v) is 9.07. The molecule has 6 heteroatoms. The van der Waals surface area contributed by atoms with Crippen molar-refractivity contribution in [2.24, 2.45) is 0 Å². The minimum atomic E-state index is -0.383. The zero-order chi connectivity index (χ0) is 29.8. The van der Waals surface area contributed by atoms with Crippen molar-refractivity contribution in [2.45, 2.75) is 26.2 Å². The van der Waals surface area contributed by atoms with E-state index in [2.05, 4.69) is 36.8 Å². The summed E-state index contributed by atoms with van der Waals surface area (Å²) < 4.78 is 26.5. The maximum Gasteiger partial charge on any atom is 0.330 e. The first-order chi connectivity index (χ1) is 20.6. The van der Waals surface area contributed by atoms with Gasteiger partial charge in [-0.15, -0.1) is 0 Å². The zero-order valence-corrected chi connectivity index (χ0v) is 24.0. The van der Waals surface area contributed by atoms with Crippen LogP contribution < -0.4 is 9.47 Å². The predicted octanol–water partition coefficient (Wildman–Crippen LogP) is 6.59. The molecular formula is C36H36O6. The van der Waals surface area contributed by atoms with Crippen molar-refractivity contribution in [3.63, 3.8) is 0 Å². The lowest BCUT2D eigenvalue weighted by atomic mass is 10.0. The third-order valence-corrected chi connectivity index (χ3v) is 5.86. The Balaban J connectivity index is 1.43. The van der Waals surface area contributed by atoms with E-state index in [-0.39, 0.29) is 12.8 Å². The molecule has 0 heterocycles. The Morgan fingerprint density at radius 1 is 0.714 bits per heavy atom. The maximum absolute atomic E-state index is 11.0. The highest BCUT2D eigenvalue weighted by Crippen LogP contribution is 2.15. The monoisotopic (exact) mass is 564 g/mol. The van der Waals surface area contributed by atoms with Crippen molar-refractivity contribution >= 4 is 5.97 Å². The number of aryl methyl sites for hydroxylation is 1. The average molecular weight is 565 g/mol. The lowest BCUT2D eigenvalue weighted by molar-refractivity contribution is -0.137. The molecule has 3 rings (SSSR count). The van der Waals surface area contributed by atoms with E-state index in [0.717, 1.165) is 58.6 Å². The fraction of sp³-hybridized carbons (Fsp3) is 0.250. The molecule has 6 nitrogen and oxygen atoms in total. The second-order valence-electron chi connectivity index (χ2n) is 9.07. The SMILES string of the molecule is C=COCOCCOc1ccc(C#Cc2ccc(C#Cc3ccc(OCCCCCOC(=O)C=C)cc3)cc2C)cc1. The standard InChI is InChI=1S/C36H36O6/c1-4-36(37)42-24-8-6-7-23-40-34-19-13-30(14-20-34)9-10-32-12-18-33(29(3)27-32)17-11-31-15-21-35(22-16-31)41-26-25-39-28-38-5-2/h4-5,12-16,18-22,27H,1-2,6-8,23-26,28H2,3H3. The van der Waals surface area contributed by atoms with Crippen LogP contribution in [0.2, 0.25) is 0 Å². The highest BCUT2D eigenvalue weighted by atomic mass is 16.7. The summed E-state index contributed by atoms with van der Waals surface area (Å²) in [5.74, 6) is 14.1. The molecule has 0 bridgehead atoms. The average Bonchev–Trinajstić information content (AvgIpc) is 3.01. The van der Waals surface area contributed by atoms with Crippen molar-refractivity contribution in [1.82, 2.24) is 0 Å². The lowest BCUT2D eigenvalue weighted by Gasteiger charge is -2.06.